The molecule has 29 heavy (non-hydrogen) atoms. The summed E-state index contributed by atoms with van der Waals surface area (Å²) in [5, 5.41) is 15.9. The van der Waals surface area contributed by atoms with Gasteiger partial charge in [-0.15, -0.1) is 0 Å². The molecule has 0 atom stereocenters. The number of hydrogen-bond donors (Lipinski definition) is 3. The lowest BCUT2D eigenvalue weighted by Crippen LogP contribution is -2.42. The molecule has 2 aromatic heterocycles. The maximum absolute atomic E-state index is 12.5. The molecule has 0 bridgehead atoms. The molecular weight excluding hydrogens is 374 g/mol. The molecule has 3 heterocycles. The quantitative estimate of drug-likeness (QED) is 0.524. The van der Waals surface area contributed by atoms with Crippen LogP contribution in [0, 0.1) is 0 Å². The summed E-state index contributed by atoms with van der Waals surface area (Å²) >= 11 is 0. The smallest absolute Gasteiger partial charge is 0.409 e. The van der Waals surface area contributed by atoms with Gasteiger partial charge in [0.1, 0.15) is 5.82 Å². The number of nitrogens with one attached hydrogen (secondary N) is 2. The summed E-state index contributed by atoms with van der Waals surface area (Å²) in [6.45, 7) is 3.35. The highest BCUT2D eigenvalue weighted by molar-refractivity contribution is 6.03. The Morgan fingerprint density at radius 1 is 1.28 bits per heavy atom. The second kappa shape index (κ2) is 10.3. The number of hydrogen-bond acceptors (Lipinski definition) is 6. The van der Waals surface area contributed by atoms with Crippen LogP contribution in [0.1, 0.15) is 37.7 Å². The molecule has 3 rings (SSSR count). The molecule has 2 aromatic rings. The number of likely N-dealkylation sites (tertiary alicyclic amines) is 1. The van der Waals surface area contributed by atoms with E-state index >= 15 is 0 Å². The molecule has 0 saturated carbocycles. The molecule has 0 aromatic carbocycles. The molecule has 9 heteroatoms. The summed E-state index contributed by atoms with van der Waals surface area (Å²) in [4.78, 5) is 30.3. The summed E-state index contributed by atoms with van der Waals surface area (Å²) in [6, 6.07) is 8.39. The first-order valence-corrected chi connectivity index (χ1v) is 9.23. The summed E-state index contributed by atoms with van der Waals surface area (Å²) in [5.74, 6) is 0.0992. The fourth-order valence-electron chi connectivity index (χ4n) is 3.04. The standard InChI is InChI=1S/C19H23N5O4.CH4/c1-2-28-19(26)23-12-8-14(9-13-23)21-17-15(6-5-10-20-17)22-18(25)16-7-3-4-11-24(16)27;/h3-7,10-11,14,25,27H,2,8-9,12-13H2,1H3;1H4/p+1. The van der Waals surface area contributed by atoms with E-state index in [0.29, 0.717) is 31.2 Å². The summed E-state index contributed by atoms with van der Waals surface area (Å²) in [7, 11) is 0. The van der Waals surface area contributed by atoms with Crippen LogP contribution >= 0.6 is 0 Å². The number of rotatable bonds is 5. The average Bonchev–Trinajstić information content (AvgIpc) is 2.70. The number of carbonyl (C=O) groups excluding carboxylic acids is 2. The molecular formula is C20H28N5O4+. The monoisotopic (exact) mass is 402 g/mol. The summed E-state index contributed by atoms with van der Waals surface area (Å²) in [6.07, 6.45) is 4.23. The van der Waals surface area contributed by atoms with Gasteiger partial charge in [0.05, 0.1) is 12.3 Å². The second-order valence-corrected chi connectivity index (χ2v) is 6.39. The minimum Gasteiger partial charge on any atom is -0.450 e. The van der Waals surface area contributed by atoms with Crippen LogP contribution in [-0.4, -0.2) is 52.8 Å². The Labute approximate surface area is 170 Å². The minimum absolute atomic E-state index is 0. The van der Waals surface area contributed by atoms with Crippen LogP contribution in [0.4, 0.5) is 16.3 Å². The van der Waals surface area contributed by atoms with Crippen molar-refractivity contribution in [3.05, 3.63) is 48.4 Å². The fourth-order valence-corrected chi connectivity index (χ4v) is 3.04. The zero-order chi connectivity index (χ0) is 19.9. The number of amides is 2. The van der Waals surface area contributed by atoms with Gasteiger partial charge in [0.2, 0.25) is 6.20 Å². The Morgan fingerprint density at radius 3 is 2.72 bits per heavy atom. The number of carbonyl (C=O) groups is 2. The molecule has 1 aliphatic rings. The van der Waals surface area contributed by atoms with E-state index in [2.05, 4.69) is 15.6 Å². The van der Waals surface area contributed by atoms with E-state index in [9.17, 15) is 14.8 Å². The molecule has 1 fully saturated rings. The van der Waals surface area contributed by atoms with E-state index in [1.54, 1.807) is 42.3 Å². The first kappa shape index (κ1) is 21.9. The number of pyridine rings is 2. The van der Waals surface area contributed by atoms with E-state index in [0.717, 1.165) is 17.6 Å². The molecule has 1 aliphatic heterocycles. The van der Waals surface area contributed by atoms with E-state index in [1.165, 1.54) is 12.3 Å². The maximum atomic E-state index is 12.5. The van der Waals surface area contributed by atoms with Gasteiger partial charge in [-0.05, 0) is 38.0 Å². The Balaban J connectivity index is 0.00000300. The van der Waals surface area contributed by atoms with Crippen molar-refractivity contribution < 1.29 is 24.3 Å². The molecule has 0 unspecified atom stereocenters. The fraction of sp³-hybridized carbons (Fsp3) is 0.400. The van der Waals surface area contributed by atoms with E-state index in [1.807, 2.05) is 0 Å². The molecule has 0 aliphatic carbocycles. The second-order valence-electron chi connectivity index (χ2n) is 6.39. The molecule has 2 amide bonds. The van der Waals surface area contributed by atoms with Crippen molar-refractivity contribution in [3.63, 3.8) is 0 Å². The van der Waals surface area contributed by atoms with Gasteiger partial charge in [0.15, 0.2) is 0 Å². The third-order valence-electron chi connectivity index (χ3n) is 4.49. The summed E-state index contributed by atoms with van der Waals surface area (Å²) < 4.78 is 5.80. The van der Waals surface area contributed by atoms with Crippen molar-refractivity contribution in [3.8, 4) is 0 Å². The van der Waals surface area contributed by atoms with Gasteiger partial charge in [0, 0.05) is 42.2 Å². The van der Waals surface area contributed by atoms with Gasteiger partial charge in [0.25, 0.3) is 0 Å². The highest BCUT2D eigenvalue weighted by Crippen LogP contribution is 2.22. The van der Waals surface area contributed by atoms with Crippen LogP contribution in [-0.2, 0) is 4.74 Å². The Bertz CT molecular complexity index is 837. The van der Waals surface area contributed by atoms with Gasteiger partial charge >= 0.3 is 17.7 Å². The van der Waals surface area contributed by atoms with Gasteiger partial charge < -0.3 is 20.3 Å². The van der Waals surface area contributed by atoms with Crippen LogP contribution in [0.3, 0.4) is 0 Å². The molecule has 0 spiro atoms. The van der Waals surface area contributed by atoms with Crippen LogP contribution < -0.4 is 15.4 Å². The molecule has 3 N–H and O–H groups in total. The topological polar surface area (TPSA) is 108 Å². The Hall–Kier alpha value is -3.36. The maximum Gasteiger partial charge on any atom is 0.409 e. The lowest BCUT2D eigenvalue weighted by molar-refractivity contribution is -0.905. The lowest BCUT2D eigenvalue weighted by atomic mass is 10.1. The highest BCUT2D eigenvalue weighted by atomic mass is 16.6. The first-order chi connectivity index (χ1) is 13.6. The highest BCUT2D eigenvalue weighted by Gasteiger charge is 2.25. The van der Waals surface area contributed by atoms with Crippen molar-refractivity contribution in [1.29, 1.82) is 0 Å². The molecule has 9 nitrogen and oxygen atoms in total. The summed E-state index contributed by atoms with van der Waals surface area (Å²) in [5.41, 5.74) is 0.629. The predicted octanol–water partition coefficient (Wildman–Crippen LogP) is 2.53. The molecule has 0 radical (unpaired) electrons. The number of nitrogens with zero attached hydrogens (tertiary/aromatic N) is 3. The van der Waals surface area contributed by atoms with Crippen molar-refractivity contribution in [2.45, 2.75) is 33.2 Å². The van der Waals surface area contributed by atoms with Crippen LogP contribution in [0.25, 0.3) is 0 Å². The number of aromatic nitrogens is 2. The van der Waals surface area contributed by atoms with Gasteiger partial charge in [-0.3, -0.25) is 10.0 Å². The van der Waals surface area contributed by atoms with Gasteiger partial charge in [-0.1, -0.05) is 7.43 Å². The number of ether oxygens (including phenoxy) is 1. The van der Waals surface area contributed by atoms with E-state index < -0.39 is 5.91 Å². The van der Waals surface area contributed by atoms with Gasteiger partial charge in [-0.2, -0.15) is 0 Å². The van der Waals surface area contributed by atoms with Crippen molar-refractivity contribution in [1.82, 2.24) is 9.88 Å². The zero-order valence-corrected chi connectivity index (χ0v) is 15.7. The molecule has 156 valence electrons. The van der Waals surface area contributed by atoms with Crippen LogP contribution in [0.2, 0.25) is 0 Å². The number of piperidine rings is 1. The van der Waals surface area contributed by atoms with E-state index in [-0.39, 0.29) is 25.3 Å². The zero-order valence-electron chi connectivity index (χ0n) is 15.7. The molecule has 1 saturated heterocycles. The normalized spacial score (nSPS) is 13.9. The van der Waals surface area contributed by atoms with E-state index in [4.69, 9.17) is 4.74 Å². The largest absolute Gasteiger partial charge is 0.450 e. The first-order valence-electron chi connectivity index (χ1n) is 9.23. The Morgan fingerprint density at radius 2 is 2.03 bits per heavy atom. The number of anilines is 2. The lowest BCUT2D eigenvalue weighted by Gasteiger charge is -2.32. The van der Waals surface area contributed by atoms with Crippen molar-refractivity contribution in [2.75, 3.05) is 30.3 Å². The van der Waals surface area contributed by atoms with Gasteiger partial charge in [-0.25, -0.2) is 9.78 Å². The Kier molecular flexibility index (Phi) is 7.76. The van der Waals surface area contributed by atoms with Crippen molar-refractivity contribution in [2.24, 2.45) is 0 Å². The van der Waals surface area contributed by atoms with Crippen molar-refractivity contribution >= 4 is 23.5 Å². The third kappa shape index (κ3) is 5.56. The van der Waals surface area contributed by atoms with Crippen LogP contribution in [0.5, 0.6) is 0 Å². The average molecular weight is 402 g/mol. The SMILES string of the molecule is C.CCOC(=O)N1CCC(Nc2ncccc2NC(=O)c2cccc[n+]2O)CC1. The third-order valence-corrected chi connectivity index (χ3v) is 4.49. The predicted molar refractivity (Wildman–Crippen MR) is 108 cm³/mol. The minimum atomic E-state index is -0.448. The van der Waals surface area contributed by atoms with Crippen LogP contribution in [0.15, 0.2) is 42.7 Å².